The minimum Gasteiger partial charge on any atom is -0.330 e. The summed E-state index contributed by atoms with van der Waals surface area (Å²) in [4.78, 5) is 0. The molecule has 1 saturated carbocycles. The maximum absolute atomic E-state index is 12.9. The van der Waals surface area contributed by atoms with Crippen molar-refractivity contribution in [2.75, 3.05) is 6.54 Å². The van der Waals surface area contributed by atoms with Crippen LogP contribution < -0.4 is 5.73 Å². The maximum atomic E-state index is 12.9. The molecule has 0 aromatic heterocycles. The van der Waals surface area contributed by atoms with Crippen LogP contribution in [0.2, 0.25) is 0 Å². The van der Waals surface area contributed by atoms with E-state index in [9.17, 15) is 4.39 Å². The molecule has 0 heterocycles. The van der Waals surface area contributed by atoms with Crippen LogP contribution in [-0.4, -0.2) is 6.54 Å². The van der Waals surface area contributed by atoms with Gasteiger partial charge in [-0.2, -0.15) is 0 Å². The van der Waals surface area contributed by atoms with Crippen LogP contribution in [0, 0.1) is 17.2 Å². The quantitative estimate of drug-likeness (QED) is 0.878. The maximum Gasteiger partial charge on any atom is 0.124 e. The monoisotopic (exact) mass is 271 g/mol. The summed E-state index contributed by atoms with van der Waals surface area (Å²) in [5.41, 5.74) is 7.15. The number of hydrogen-bond donors (Lipinski definition) is 1. The Kier molecular flexibility index (Phi) is 2.63. The Morgan fingerprint density at radius 2 is 2.13 bits per heavy atom. The van der Waals surface area contributed by atoms with Gasteiger partial charge in [-0.1, -0.05) is 35.8 Å². The van der Waals surface area contributed by atoms with Crippen molar-refractivity contribution in [1.29, 1.82) is 0 Å². The summed E-state index contributed by atoms with van der Waals surface area (Å²) in [5.74, 6) is 0.769. The predicted molar refractivity (Wildman–Crippen MR) is 63.2 cm³/mol. The molecule has 1 aromatic rings. The Morgan fingerprint density at radius 3 is 2.60 bits per heavy atom. The van der Waals surface area contributed by atoms with Gasteiger partial charge in [0.25, 0.3) is 0 Å². The molecule has 0 aliphatic heterocycles. The number of nitrogens with two attached hydrogens (primary N) is 1. The van der Waals surface area contributed by atoms with Crippen molar-refractivity contribution in [3.63, 3.8) is 0 Å². The molecule has 0 radical (unpaired) electrons. The van der Waals surface area contributed by atoms with Gasteiger partial charge < -0.3 is 5.73 Å². The third-order valence-electron chi connectivity index (χ3n) is 3.60. The van der Waals surface area contributed by atoms with E-state index < -0.39 is 0 Å². The van der Waals surface area contributed by atoms with E-state index in [1.807, 2.05) is 6.07 Å². The molecular weight excluding hydrogens is 257 g/mol. The fourth-order valence-electron chi connectivity index (χ4n) is 2.56. The summed E-state index contributed by atoms with van der Waals surface area (Å²) in [6, 6.07) is 4.90. The second-order valence-corrected chi connectivity index (χ2v) is 5.66. The third kappa shape index (κ3) is 1.72. The predicted octanol–water partition coefficient (Wildman–Crippen LogP) is 3.29. The smallest absolute Gasteiger partial charge is 0.124 e. The first-order valence-corrected chi connectivity index (χ1v) is 5.92. The summed E-state index contributed by atoms with van der Waals surface area (Å²) in [6.45, 7) is 5.12. The molecule has 1 aromatic carbocycles. The van der Waals surface area contributed by atoms with E-state index >= 15 is 0 Å². The lowest BCUT2D eigenvalue weighted by Gasteiger charge is -2.05. The molecule has 0 spiro atoms. The SMILES string of the molecule is CC1(C)C(CN)C1c1ccc(F)cc1Br. The van der Waals surface area contributed by atoms with Gasteiger partial charge in [-0.15, -0.1) is 0 Å². The van der Waals surface area contributed by atoms with Gasteiger partial charge in [-0.3, -0.25) is 0 Å². The van der Waals surface area contributed by atoms with Crippen LogP contribution >= 0.6 is 15.9 Å². The highest BCUT2D eigenvalue weighted by molar-refractivity contribution is 9.10. The highest BCUT2D eigenvalue weighted by atomic mass is 79.9. The van der Waals surface area contributed by atoms with Gasteiger partial charge in [0.05, 0.1) is 0 Å². The number of rotatable bonds is 2. The Bertz CT molecular complexity index is 389. The zero-order valence-electron chi connectivity index (χ0n) is 8.93. The topological polar surface area (TPSA) is 26.0 Å². The van der Waals surface area contributed by atoms with Gasteiger partial charge in [0.1, 0.15) is 5.82 Å². The Hall–Kier alpha value is -0.410. The molecule has 1 fully saturated rings. The Labute approximate surface area is 98.0 Å². The lowest BCUT2D eigenvalue weighted by Crippen LogP contribution is -2.05. The van der Waals surface area contributed by atoms with Gasteiger partial charge in [0, 0.05) is 4.47 Å². The molecule has 0 bridgehead atoms. The van der Waals surface area contributed by atoms with Crippen molar-refractivity contribution in [1.82, 2.24) is 0 Å². The zero-order valence-corrected chi connectivity index (χ0v) is 10.5. The van der Waals surface area contributed by atoms with Gasteiger partial charge in [-0.05, 0) is 41.5 Å². The first-order valence-electron chi connectivity index (χ1n) is 5.13. The molecule has 15 heavy (non-hydrogen) atoms. The number of hydrogen-bond acceptors (Lipinski definition) is 1. The molecule has 0 amide bonds. The fraction of sp³-hybridized carbons (Fsp3) is 0.500. The van der Waals surface area contributed by atoms with Crippen LogP contribution in [0.3, 0.4) is 0 Å². The minimum absolute atomic E-state index is 0.201. The normalized spacial score (nSPS) is 27.8. The molecule has 2 N–H and O–H groups in total. The third-order valence-corrected chi connectivity index (χ3v) is 4.29. The first kappa shape index (κ1) is 11.1. The van der Waals surface area contributed by atoms with Crippen LogP contribution in [0.4, 0.5) is 4.39 Å². The van der Waals surface area contributed by atoms with E-state index in [-0.39, 0.29) is 11.2 Å². The van der Waals surface area contributed by atoms with E-state index in [0.717, 1.165) is 4.47 Å². The zero-order chi connectivity index (χ0) is 11.2. The average Bonchev–Trinajstić information content (AvgIpc) is 2.68. The van der Waals surface area contributed by atoms with Gasteiger partial charge in [0.2, 0.25) is 0 Å². The molecule has 1 aliphatic carbocycles. The molecule has 2 atom stereocenters. The van der Waals surface area contributed by atoms with Crippen molar-refractivity contribution in [3.8, 4) is 0 Å². The molecular formula is C12H15BrFN. The number of benzene rings is 1. The second kappa shape index (κ2) is 3.56. The van der Waals surface area contributed by atoms with Crippen molar-refractivity contribution >= 4 is 15.9 Å². The molecule has 2 unspecified atom stereocenters. The highest BCUT2D eigenvalue weighted by Gasteiger charge is 2.57. The fourth-order valence-corrected chi connectivity index (χ4v) is 3.15. The van der Waals surface area contributed by atoms with Crippen molar-refractivity contribution in [3.05, 3.63) is 34.1 Å². The summed E-state index contributed by atoms with van der Waals surface area (Å²) >= 11 is 3.42. The van der Waals surface area contributed by atoms with Crippen molar-refractivity contribution < 1.29 is 4.39 Å². The molecule has 1 aliphatic rings. The van der Waals surface area contributed by atoms with E-state index in [4.69, 9.17) is 5.73 Å². The molecule has 2 rings (SSSR count). The molecule has 3 heteroatoms. The summed E-state index contributed by atoms with van der Waals surface area (Å²) in [5, 5.41) is 0. The van der Waals surface area contributed by atoms with Crippen LogP contribution in [0.15, 0.2) is 22.7 Å². The Balaban J connectivity index is 2.33. The molecule has 82 valence electrons. The minimum atomic E-state index is -0.201. The average molecular weight is 272 g/mol. The van der Waals surface area contributed by atoms with Gasteiger partial charge in [-0.25, -0.2) is 4.39 Å². The first-order chi connectivity index (χ1) is 6.98. The lowest BCUT2D eigenvalue weighted by molar-refractivity contribution is 0.558. The summed E-state index contributed by atoms with van der Waals surface area (Å²) < 4.78 is 13.8. The van der Waals surface area contributed by atoms with E-state index in [0.29, 0.717) is 18.4 Å². The summed E-state index contributed by atoms with van der Waals surface area (Å²) in [6.07, 6.45) is 0. The largest absolute Gasteiger partial charge is 0.330 e. The lowest BCUT2D eigenvalue weighted by atomic mass is 10.0. The highest BCUT2D eigenvalue weighted by Crippen LogP contribution is 2.64. The standard InChI is InChI=1S/C12H15BrFN/c1-12(2)9(6-15)11(12)8-4-3-7(14)5-10(8)13/h3-5,9,11H,6,15H2,1-2H3. The summed E-state index contributed by atoms with van der Waals surface area (Å²) in [7, 11) is 0. The van der Waals surface area contributed by atoms with E-state index in [2.05, 4.69) is 29.8 Å². The van der Waals surface area contributed by atoms with Crippen LogP contribution in [-0.2, 0) is 0 Å². The van der Waals surface area contributed by atoms with E-state index in [1.165, 1.54) is 17.7 Å². The van der Waals surface area contributed by atoms with Crippen LogP contribution in [0.25, 0.3) is 0 Å². The van der Waals surface area contributed by atoms with Gasteiger partial charge >= 0.3 is 0 Å². The van der Waals surface area contributed by atoms with Crippen LogP contribution in [0.5, 0.6) is 0 Å². The molecule has 1 nitrogen and oxygen atoms in total. The van der Waals surface area contributed by atoms with Crippen LogP contribution in [0.1, 0.15) is 25.3 Å². The van der Waals surface area contributed by atoms with Crippen molar-refractivity contribution in [2.45, 2.75) is 19.8 Å². The van der Waals surface area contributed by atoms with E-state index in [1.54, 1.807) is 0 Å². The molecule has 0 saturated heterocycles. The Morgan fingerprint density at radius 1 is 1.47 bits per heavy atom. The van der Waals surface area contributed by atoms with Crippen molar-refractivity contribution in [2.24, 2.45) is 17.1 Å². The number of halogens is 2. The second-order valence-electron chi connectivity index (χ2n) is 4.81. The van der Waals surface area contributed by atoms with Gasteiger partial charge in [0.15, 0.2) is 0 Å².